The smallest absolute Gasteiger partial charge is 0.412 e. The number of ether oxygens (including phenoxy) is 1. The molecule has 1 fully saturated rings. The Balaban J connectivity index is 1.49. The molecule has 1 heterocycles. The monoisotopic (exact) mass is 797 g/mol. The number of sulfonamides is 1. The molecule has 1 aliphatic rings. The standard InChI is InChI=1S/C45H59N5O6S/c1-34(2)29-50(57(54,55)38-23-24-39(47-44(53)56-45(3,4)5)40(28-38)46-43(52)33-48-25-15-16-26-48)32-42(51)41(27-35-17-9-6-10-18-35)49(30-36-19-11-7-12-20-36)31-37-21-13-8-14-22-37/h6-14,17-24,28,34,41-42,51H,15-16,25-27,29-33H2,1-5H3,(H,46,52)(H,47,53)/t41-,42+/m0/s1. The zero-order valence-corrected chi connectivity index (χ0v) is 34.8. The minimum Gasteiger partial charge on any atom is -0.444 e. The van der Waals surface area contributed by atoms with Gasteiger partial charge in [-0.2, -0.15) is 4.31 Å². The van der Waals surface area contributed by atoms with Crippen LogP contribution in [0.4, 0.5) is 16.2 Å². The normalized spacial score (nSPS) is 14.8. The van der Waals surface area contributed by atoms with Crippen molar-refractivity contribution in [1.29, 1.82) is 0 Å². The van der Waals surface area contributed by atoms with Gasteiger partial charge >= 0.3 is 6.09 Å². The summed E-state index contributed by atoms with van der Waals surface area (Å²) in [5.74, 6) is -0.397. The number of carbonyl (C=O) groups excluding carboxylic acids is 2. The van der Waals surface area contributed by atoms with Crippen molar-refractivity contribution >= 4 is 33.4 Å². The van der Waals surface area contributed by atoms with Crippen LogP contribution in [0.2, 0.25) is 0 Å². The molecule has 11 nitrogen and oxygen atoms in total. The molecule has 306 valence electrons. The van der Waals surface area contributed by atoms with E-state index in [9.17, 15) is 23.1 Å². The van der Waals surface area contributed by atoms with Crippen molar-refractivity contribution in [2.24, 2.45) is 5.92 Å². The fourth-order valence-electron chi connectivity index (χ4n) is 7.09. The minimum absolute atomic E-state index is 0.0722. The van der Waals surface area contributed by atoms with E-state index in [-0.39, 0.29) is 47.7 Å². The third-order valence-corrected chi connectivity index (χ3v) is 11.5. The van der Waals surface area contributed by atoms with Gasteiger partial charge in [-0.3, -0.25) is 19.9 Å². The number of nitrogens with one attached hydrogen (secondary N) is 2. The summed E-state index contributed by atoms with van der Waals surface area (Å²) < 4.78 is 36.3. The van der Waals surface area contributed by atoms with Crippen molar-refractivity contribution in [3.05, 3.63) is 126 Å². The number of amides is 2. The fourth-order valence-corrected chi connectivity index (χ4v) is 8.74. The van der Waals surface area contributed by atoms with Crippen molar-refractivity contribution in [3.8, 4) is 0 Å². The van der Waals surface area contributed by atoms with Gasteiger partial charge in [0.2, 0.25) is 15.9 Å². The van der Waals surface area contributed by atoms with Crippen LogP contribution < -0.4 is 10.6 Å². The third kappa shape index (κ3) is 13.5. The second kappa shape index (κ2) is 20.2. The molecule has 0 aromatic heterocycles. The van der Waals surface area contributed by atoms with E-state index in [0.29, 0.717) is 19.5 Å². The zero-order chi connectivity index (χ0) is 41.0. The topological polar surface area (TPSA) is 132 Å². The van der Waals surface area contributed by atoms with Gasteiger partial charge in [-0.05, 0) is 93.9 Å². The molecular weight excluding hydrogens is 739 g/mol. The molecule has 12 heteroatoms. The Kier molecular flexibility index (Phi) is 15.4. The van der Waals surface area contributed by atoms with Crippen LogP contribution in [-0.2, 0) is 39.1 Å². The summed E-state index contributed by atoms with van der Waals surface area (Å²) in [5.41, 5.74) is 2.73. The number of aliphatic hydroxyl groups is 1. The number of hydrogen-bond acceptors (Lipinski definition) is 8. The molecular formula is C45H59N5O6S. The molecule has 0 saturated carbocycles. The Bertz CT molecular complexity index is 1940. The van der Waals surface area contributed by atoms with Crippen LogP contribution in [0.3, 0.4) is 0 Å². The Morgan fingerprint density at radius 2 is 1.32 bits per heavy atom. The predicted octanol–water partition coefficient (Wildman–Crippen LogP) is 7.39. The van der Waals surface area contributed by atoms with E-state index < -0.39 is 33.9 Å². The number of benzene rings is 4. The van der Waals surface area contributed by atoms with Crippen LogP contribution in [-0.4, -0.2) is 90.1 Å². The lowest BCUT2D eigenvalue weighted by atomic mass is 9.97. The molecule has 3 N–H and O–H groups in total. The second-order valence-corrected chi connectivity index (χ2v) is 18.2. The van der Waals surface area contributed by atoms with E-state index in [1.807, 2.05) is 85.5 Å². The van der Waals surface area contributed by atoms with Gasteiger partial charge in [-0.15, -0.1) is 0 Å². The van der Waals surface area contributed by atoms with E-state index >= 15 is 0 Å². The van der Waals surface area contributed by atoms with Crippen molar-refractivity contribution in [1.82, 2.24) is 14.1 Å². The first-order valence-corrected chi connectivity index (χ1v) is 21.3. The highest BCUT2D eigenvalue weighted by Crippen LogP contribution is 2.30. The van der Waals surface area contributed by atoms with E-state index in [2.05, 4.69) is 39.8 Å². The van der Waals surface area contributed by atoms with Crippen LogP contribution in [0, 0.1) is 5.92 Å². The molecule has 0 spiro atoms. The maximum absolute atomic E-state index is 14.7. The molecule has 57 heavy (non-hydrogen) atoms. The summed E-state index contributed by atoms with van der Waals surface area (Å²) in [6.45, 7) is 11.9. The summed E-state index contributed by atoms with van der Waals surface area (Å²) in [6, 6.07) is 33.9. The highest BCUT2D eigenvalue weighted by Gasteiger charge is 2.34. The number of anilines is 2. The van der Waals surface area contributed by atoms with Crippen molar-refractivity contribution in [2.45, 2.75) is 89.6 Å². The Morgan fingerprint density at radius 3 is 1.84 bits per heavy atom. The molecule has 2 atom stereocenters. The van der Waals surface area contributed by atoms with E-state index in [0.717, 1.165) is 42.6 Å². The van der Waals surface area contributed by atoms with Gasteiger partial charge in [0.25, 0.3) is 0 Å². The number of hydrogen-bond donors (Lipinski definition) is 3. The molecule has 0 radical (unpaired) electrons. The van der Waals surface area contributed by atoms with Crippen molar-refractivity contribution < 1.29 is 27.9 Å². The fraction of sp³-hybridized carbons (Fsp3) is 0.422. The Labute approximate surface area is 339 Å². The molecule has 0 unspecified atom stereocenters. The molecule has 0 bridgehead atoms. The quantitative estimate of drug-likeness (QED) is 0.0951. The first-order chi connectivity index (χ1) is 27.2. The zero-order valence-electron chi connectivity index (χ0n) is 33.9. The molecule has 4 aromatic carbocycles. The number of nitrogens with zero attached hydrogens (tertiary/aromatic N) is 3. The van der Waals surface area contributed by atoms with Crippen molar-refractivity contribution in [3.63, 3.8) is 0 Å². The molecule has 1 saturated heterocycles. The molecule has 0 aliphatic carbocycles. The van der Waals surface area contributed by atoms with E-state index in [4.69, 9.17) is 4.74 Å². The highest BCUT2D eigenvalue weighted by atomic mass is 32.2. The van der Waals surface area contributed by atoms with Crippen LogP contribution >= 0.6 is 0 Å². The largest absolute Gasteiger partial charge is 0.444 e. The second-order valence-electron chi connectivity index (χ2n) is 16.3. The summed E-state index contributed by atoms with van der Waals surface area (Å²) in [7, 11) is -4.25. The Morgan fingerprint density at radius 1 is 0.772 bits per heavy atom. The highest BCUT2D eigenvalue weighted by molar-refractivity contribution is 7.89. The van der Waals surface area contributed by atoms with Crippen LogP contribution in [0.1, 0.15) is 64.2 Å². The maximum Gasteiger partial charge on any atom is 0.412 e. The molecule has 4 aromatic rings. The maximum atomic E-state index is 14.7. The predicted molar refractivity (Wildman–Crippen MR) is 226 cm³/mol. The molecule has 1 aliphatic heterocycles. The van der Waals surface area contributed by atoms with Gasteiger partial charge in [-0.1, -0.05) is 105 Å². The van der Waals surface area contributed by atoms with Crippen LogP contribution in [0.25, 0.3) is 0 Å². The first kappa shape index (κ1) is 43.5. The van der Waals surface area contributed by atoms with Gasteiger partial charge in [0.1, 0.15) is 5.60 Å². The van der Waals surface area contributed by atoms with Crippen LogP contribution in [0.5, 0.6) is 0 Å². The summed E-state index contributed by atoms with van der Waals surface area (Å²) in [4.78, 5) is 30.3. The third-order valence-electron chi connectivity index (χ3n) is 9.72. The number of aliphatic hydroxyl groups excluding tert-OH is 1. The summed E-state index contributed by atoms with van der Waals surface area (Å²) >= 11 is 0. The van der Waals surface area contributed by atoms with Gasteiger partial charge in [-0.25, -0.2) is 13.2 Å². The van der Waals surface area contributed by atoms with Crippen LogP contribution in [0.15, 0.2) is 114 Å². The van der Waals surface area contributed by atoms with E-state index in [1.165, 1.54) is 22.5 Å². The lowest BCUT2D eigenvalue weighted by molar-refractivity contribution is -0.117. The molecule has 5 rings (SSSR count). The van der Waals surface area contributed by atoms with Gasteiger partial charge < -0.3 is 15.2 Å². The minimum atomic E-state index is -4.25. The number of carbonyl (C=O) groups is 2. The summed E-state index contributed by atoms with van der Waals surface area (Å²) in [5, 5.41) is 17.9. The van der Waals surface area contributed by atoms with Crippen molar-refractivity contribution in [2.75, 3.05) is 43.4 Å². The first-order valence-electron chi connectivity index (χ1n) is 19.9. The lowest BCUT2D eigenvalue weighted by Gasteiger charge is -2.37. The summed E-state index contributed by atoms with van der Waals surface area (Å²) in [6.07, 6.45) is 0.658. The van der Waals surface area contributed by atoms with Gasteiger partial charge in [0.15, 0.2) is 0 Å². The number of likely N-dealkylation sites (tertiary alicyclic amines) is 1. The molecule has 2 amide bonds. The van der Waals surface area contributed by atoms with Gasteiger partial charge in [0.05, 0.1) is 28.9 Å². The average Bonchev–Trinajstić information content (AvgIpc) is 3.67. The van der Waals surface area contributed by atoms with E-state index in [1.54, 1.807) is 20.8 Å². The average molecular weight is 798 g/mol. The van der Waals surface area contributed by atoms with Gasteiger partial charge in [0, 0.05) is 32.2 Å². The SMILES string of the molecule is CC(C)CN(C[C@@H](O)[C@H](Cc1ccccc1)N(Cc1ccccc1)Cc1ccccc1)S(=O)(=O)c1ccc(NC(=O)OC(C)(C)C)c(NC(=O)CN2CCCC2)c1. The number of rotatable bonds is 18. The Hall–Kier alpha value is -4.59. The lowest BCUT2D eigenvalue weighted by Crippen LogP contribution is -2.50.